The Morgan fingerprint density at radius 1 is 0.760 bits per heavy atom. The molecule has 0 fully saturated rings. The van der Waals surface area contributed by atoms with Crippen molar-refractivity contribution in [3.63, 3.8) is 0 Å². The highest BCUT2D eigenvalue weighted by Crippen LogP contribution is 2.18. The highest BCUT2D eigenvalue weighted by molar-refractivity contribution is 5.70. The average Bonchev–Trinajstić information content (AvgIpc) is 2.66. The van der Waals surface area contributed by atoms with Gasteiger partial charge in [-0.2, -0.15) is 0 Å². The van der Waals surface area contributed by atoms with Crippen molar-refractivity contribution >= 4 is 12.2 Å². The van der Waals surface area contributed by atoms with Crippen LogP contribution in [0.25, 0.3) is 12.2 Å². The molecule has 25 heavy (non-hydrogen) atoms. The largest absolute Gasteiger partial charge is 0.494 e. The van der Waals surface area contributed by atoms with Crippen molar-refractivity contribution in [3.8, 4) is 5.75 Å². The second-order valence-electron chi connectivity index (χ2n) is 5.88. The number of rotatable bonds is 10. The van der Waals surface area contributed by atoms with Crippen LogP contribution < -0.4 is 4.74 Å². The van der Waals surface area contributed by atoms with E-state index >= 15 is 0 Å². The van der Waals surface area contributed by atoms with E-state index in [1.807, 2.05) is 54.6 Å². The van der Waals surface area contributed by atoms with E-state index in [9.17, 15) is 10.2 Å². The van der Waals surface area contributed by atoms with Crippen molar-refractivity contribution in [2.24, 2.45) is 0 Å². The van der Waals surface area contributed by atoms with Gasteiger partial charge in [0.15, 0.2) is 0 Å². The zero-order chi connectivity index (χ0) is 17.9. The zero-order valence-electron chi connectivity index (χ0n) is 14.4. The van der Waals surface area contributed by atoms with Crippen molar-refractivity contribution < 1.29 is 20.1 Å². The van der Waals surface area contributed by atoms with Crippen LogP contribution in [0.3, 0.4) is 0 Å². The topological polar surface area (TPSA) is 69.9 Å². The van der Waals surface area contributed by atoms with Crippen LogP contribution in [-0.2, 0) is 13.2 Å². The van der Waals surface area contributed by atoms with Gasteiger partial charge >= 0.3 is 0 Å². The van der Waals surface area contributed by atoms with Gasteiger partial charge in [0.25, 0.3) is 0 Å². The van der Waals surface area contributed by atoms with Gasteiger partial charge in [0.2, 0.25) is 0 Å². The van der Waals surface area contributed by atoms with E-state index in [0.717, 1.165) is 47.3 Å². The Hall–Kier alpha value is -2.14. The summed E-state index contributed by atoms with van der Waals surface area (Å²) in [4.78, 5) is 0. The third-order valence-electron chi connectivity index (χ3n) is 3.97. The number of benzene rings is 2. The Balaban J connectivity index is 1.98. The lowest BCUT2D eigenvalue weighted by atomic mass is 10.0. The lowest BCUT2D eigenvalue weighted by molar-refractivity contribution is 0.260. The molecule has 0 spiro atoms. The zero-order valence-corrected chi connectivity index (χ0v) is 14.4. The predicted molar refractivity (Wildman–Crippen MR) is 100 cm³/mol. The lowest BCUT2D eigenvalue weighted by Gasteiger charge is -2.07. The van der Waals surface area contributed by atoms with E-state index in [-0.39, 0.29) is 19.8 Å². The van der Waals surface area contributed by atoms with Crippen molar-refractivity contribution in [1.29, 1.82) is 0 Å². The Kier molecular flexibility index (Phi) is 8.19. The number of hydrogen-bond acceptors (Lipinski definition) is 4. The molecule has 2 rings (SSSR count). The molecule has 0 amide bonds. The van der Waals surface area contributed by atoms with E-state index in [0.29, 0.717) is 6.61 Å². The van der Waals surface area contributed by atoms with E-state index in [1.54, 1.807) is 0 Å². The summed E-state index contributed by atoms with van der Waals surface area (Å²) in [5.74, 6) is 0.831. The highest BCUT2D eigenvalue weighted by Gasteiger charge is 2.01. The molecule has 0 aliphatic rings. The molecule has 0 heterocycles. The third kappa shape index (κ3) is 6.35. The Morgan fingerprint density at radius 3 is 2.24 bits per heavy atom. The molecule has 0 atom stereocenters. The minimum Gasteiger partial charge on any atom is -0.494 e. The van der Waals surface area contributed by atoms with Crippen LogP contribution in [0, 0.1) is 0 Å². The second kappa shape index (κ2) is 10.7. The van der Waals surface area contributed by atoms with Gasteiger partial charge in [0.05, 0.1) is 19.8 Å². The van der Waals surface area contributed by atoms with E-state index in [2.05, 4.69) is 0 Å². The molecule has 0 aliphatic heterocycles. The first-order chi connectivity index (χ1) is 12.3. The second-order valence-corrected chi connectivity index (χ2v) is 5.88. The van der Waals surface area contributed by atoms with Crippen LogP contribution in [0.1, 0.15) is 41.5 Å². The molecule has 0 unspecified atom stereocenters. The summed E-state index contributed by atoms with van der Waals surface area (Å²) in [6.45, 7) is 0.724. The Morgan fingerprint density at radius 2 is 1.52 bits per heavy atom. The first-order valence-corrected chi connectivity index (χ1v) is 8.62. The van der Waals surface area contributed by atoms with Crippen LogP contribution in [0.5, 0.6) is 5.75 Å². The third-order valence-corrected chi connectivity index (χ3v) is 3.97. The molecule has 0 saturated carbocycles. The van der Waals surface area contributed by atoms with Crippen molar-refractivity contribution in [3.05, 3.63) is 64.7 Å². The van der Waals surface area contributed by atoms with Gasteiger partial charge in [-0.25, -0.2) is 0 Å². The first kappa shape index (κ1) is 19.2. The summed E-state index contributed by atoms with van der Waals surface area (Å²) < 4.78 is 5.74. The van der Waals surface area contributed by atoms with Gasteiger partial charge in [0.1, 0.15) is 5.75 Å². The fourth-order valence-corrected chi connectivity index (χ4v) is 2.53. The molecule has 0 radical (unpaired) electrons. The number of unbranched alkanes of at least 4 members (excludes halogenated alkanes) is 2. The van der Waals surface area contributed by atoms with Crippen LogP contribution in [0.15, 0.2) is 42.5 Å². The number of aliphatic hydroxyl groups is 3. The Bertz CT molecular complexity index is 679. The highest BCUT2D eigenvalue weighted by atomic mass is 16.5. The molecule has 0 aromatic heterocycles. The predicted octanol–water partition coefficient (Wildman–Crippen LogP) is 3.38. The van der Waals surface area contributed by atoms with Crippen molar-refractivity contribution in [2.75, 3.05) is 13.2 Å². The maximum absolute atomic E-state index is 9.37. The molecule has 0 saturated heterocycles. The van der Waals surface area contributed by atoms with E-state index in [1.165, 1.54) is 0 Å². The molecule has 4 nitrogen and oxygen atoms in total. The van der Waals surface area contributed by atoms with Crippen molar-refractivity contribution in [2.45, 2.75) is 32.5 Å². The molecular weight excluding hydrogens is 316 g/mol. The quantitative estimate of drug-likeness (QED) is 0.457. The summed E-state index contributed by atoms with van der Waals surface area (Å²) >= 11 is 0. The van der Waals surface area contributed by atoms with Crippen LogP contribution in [0.2, 0.25) is 0 Å². The maximum atomic E-state index is 9.37. The lowest BCUT2D eigenvalue weighted by Crippen LogP contribution is -1.98. The molecule has 4 heteroatoms. The number of ether oxygens (including phenoxy) is 1. The molecule has 0 bridgehead atoms. The summed E-state index contributed by atoms with van der Waals surface area (Å²) in [5.41, 5.74) is 3.49. The van der Waals surface area contributed by atoms with Crippen molar-refractivity contribution in [1.82, 2.24) is 0 Å². The molecular formula is C21H26O4. The average molecular weight is 342 g/mol. The molecule has 134 valence electrons. The fourth-order valence-electron chi connectivity index (χ4n) is 2.53. The van der Waals surface area contributed by atoms with E-state index < -0.39 is 0 Å². The molecule has 0 aliphatic carbocycles. The van der Waals surface area contributed by atoms with Crippen LogP contribution in [0.4, 0.5) is 0 Å². The molecule has 2 aromatic carbocycles. The molecule has 2 aromatic rings. The van der Waals surface area contributed by atoms with Gasteiger partial charge in [0, 0.05) is 6.61 Å². The number of hydrogen-bond donors (Lipinski definition) is 3. The van der Waals surface area contributed by atoms with E-state index in [4.69, 9.17) is 9.84 Å². The first-order valence-electron chi connectivity index (χ1n) is 8.62. The van der Waals surface area contributed by atoms with Gasteiger partial charge < -0.3 is 20.1 Å². The normalized spacial score (nSPS) is 11.2. The standard InChI is InChI=1S/C21H26O4/c22-11-2-1-3-12-25-21-6-4-5-17(14-21)7-8-18-9-10-19(15-23)20(13-18)16-24/h4-10,13-14,22-24H,1-3,11-12,15-16H2/b8-7+. The van der Waals surface area contributed by atoms with Gasteiger partial charge in [-0.15, -0.1) is 0 Å². The summed E-state index contributed by atoms with van der Waals surface area (Å²) in [7, 11) is 0. The Labute approximate surface area is 149 Å². The number of aliphatic hydroxyl groups excluding tert-OH is 3. The smallest absolute Gasteiger partial charge is 0.119 e. The minimum absolute atomic E-state index is 0.0718. The summed E-state index contributed by atoms with van der Waals surface area (Å²) in [6.07, 6.45) is 6.68. The monoisotopic (exact) mass is 342 g/mol. The van der Waals surface area contributed by atoms with Gasteiger partial charge in [-0.05, 0) is 59.7 Å². The van der Waals surface area contributed by atoms with Gasteiger partial charge in [-0.1, -0.05) is 36.4 Å². The van der Waals surface area contributed by atoms with Gasteiger partial charge in [-0.3, -0.25) is 0 Å². The SMILES string of the molecule is OCCCCCOc1cccc(/C=C/c2ccc(CO)c(CO)c2)c1. The summed E-state index contributed by atoms with van der Waals surface area (Å²) in [6, 6.07) is 13.5. The minimum atomic E-state index is -0.0861. The summed E-state index contributed by atoms with van der Waals surface area (Å²) in [5, 5.41) is 27.4. The maximum Gasteiger partial charge on any atom is 0.119 e. The van der Waals surface area contributed by atoms with Crippen LogP contribution in [-0.4, -0.2) is 28.5 Å². The fraction of sp³-hybridized carbons (Fsp3) is 0.333. The molecule has 3 N–H and O–H groups in total. The van der Waals surface area contributed by atoms with Crippen LogP contribution >= 0.6 is 0 Å².